The molecule has 2 aromatic rings. The highest BCUT2D eigenvalue weighted by atomic mass is 19.1. The maximum absolute atomic E-state index is 14.9. The maximum Gasteiger partial charge on any atom is 0.140 e. The molecule has 2 unspecified atom stereocenters. The van der Waals surface area contributed by atoms with Gasteiger partial charge in [-0.15, -0.1) is 0 Å². The fourth-order valence-corrected chi connectivity index (χ4v) is 3.03. The number of rotatable bonds is 7. The first kappa shape index (κ1) is 20.1. The van der Waals surface area contributed by atoms with Crippen LogP contribution < -0.4 is 0 Å². The monoisotopic (exact) mass is 370 g/mol. The van der Waals surface area contributed by atoms with Gasteiger partial charge in [-0.05, 0) is 31.6 Å². The van der Waals surface area contributed by atoms with Crippen LogP contribution in [0.5, 0.6) is 0 Å². The summed E-state index contributed by atoms with van der Waals surface area (Å²) < 4.78 is 30.7. The quantitative estimate of drug-likeness (QED) is 0.594. The standard InChI is InChI=1S/C19H20F2N6/c1-4-16(20)18(25-10-23)14(3)19(8-22,9-27-12-24-11-26-27)15-6-5-13(2)7-17(15)21/h4-7,10-12,14,23H,9H2,1-3H3/b16-4+,23-10?,25-18?. The van der Waals surface area contributed by atoms with Gasteiger partial charge in [0, 0.05) is 11.5 Å². The average Bonchev–Trinajstić information content (AvgIpc) is 3.16. The van der Waals surface area contributed by atoms with Crippen LogP contribution >= 0.6 is 0 Å². The normalized spacial score (nSPS) is 15.7. The highest BCUT2D eigenvalue weighted by molar-refractivity contribution is 6.04. The van der Waals surface area contributed by atoms with Gasteiger partial charge in [-0.1, -0.05) is 19.1 Å². The van der Waals surface area contributed by atoms with E-state index < -0.39 is 23.0 Å². The van der Waals surface area contributed by atoms with E-state index in [9.17, 15) is 14.0 Å². The number of nitriles is 1. The summed E-state index contributed by atoms with van der Waals surface area (Å²) in [7, 11) is 0. The van der Waals surface area contributed by atoms with Crippen molar-refractivity contribution in [2.45, 2.75) is 32.7 Å². The molecule has 1 aromatic heterocycles. The van der Waals surface area contributed by atoms with E-state index in [1.165, 1.54) is 42.5 Å². The molecule has 0 amide bonds. The van der Waals surface area contributed by atoms with Crippen LogP contribution in [0.1, 0.15) is 25.0 Å². The zero-order chi connectivity index (χ0) is 20.0. The van der Waals surface area contributed by atoms with E-state index in [2.05, 4.69) is 21.1 Å². The van der Waals surface area contributed by atoms with Gasteiger partial charge in [0.05, 0.1) is 18.3 Å². The van der Waals surface area contributed by atoms with Crippen molar-refractivity contribution in [1.29, 1.82) is 10.7 Å². The molecule has 1 heterocycles. The van der Waals surface area contributed by atoms with E-state index in [1.807, 2.05) is 0 Å². The number of allylic oxidation sites excluding steroid dienone is 2. The van der Waals surface area contributed by atoms with Gasteiger partial charge in [0.25, 0.3) is 0 Å². The summed E-state index contributed by atoms with van der Waals surface area (Å²) in [6, 6.07) is 6.72. The summed E-state index contributed by atoms with van der Waals surface area (Å²) in [5.74, 6) is -2.11. The van der Waals surface area contributed by atoms with Crippen molar-refractivity contribution < 1.29 is 8.78 Å². The predicted octanol–water partition coefficient (Wildman–Crippen LogP) is 3.74. The van der Waals surface area contributed by atoms with E-state index in [1.54, 1.807) is 19.9 Å². The number of nitrogens with zero attached hydrogens (tertiary/aromatic N) is 5. The summed E-state index contributed by atoms with van der Waals surface area (Å²) in [6.45, 7) is 4.76. The number of hydrogen-bond donors (Lipinski definition) is 1. The molecule has 0 radical (unpaired) electrons. The first-order chi connectivity index (χ1) is 12.9. The van der Waals surface area contributed by atoms with Gasteiger partial charge < -0.3 is 0 Å². The third-order valence-electron chi connectivity index (χ3n) is 4.53. The second-order valence-corrected chi connectivity index (χ2v) is 6.16. The van der Waals surface area contributed by atoms with E-state index in [0.29, 0.717) is 11.9 Å². The molecule has 0 saturated heterocycles. The molecule has 1 aromatic carbocycles. The lowest BCUT2D eigenvalue weighted by Crippen LogP contribution is -2.42. The van der Waals surface area contributed by atoms with Crippen molar-refractivity contribution in [2.75, 3.05) is 0 Å². The predicted molar refractivity (Wildman–Crippen MR) is 98.7 cm³/mol. The van der Waals surface area contributed by atoms with Crippen molar-refractivity contribution in [3.8, 4) is 6.07 Å². The Hall–Kier alpha value is -3.21. The summed E-state index contributed by atoms with van der Waals surface area (Å²) in [5.41, 5.74) is -0.813. The number of aromatic nitrogens is 3. The topological polar surface area (TPSA) is 90.7 Å². The molecular formula is C19H20F2N6. The zero-order valence-electron chi connectivity index (χ0n) is 15.3. The van der Waals surface area contributed by atoms with E-state index in [0.717, 1.165) is 0 Å². The number of halogens is 2. The van der Waals surface area contributed by atoms with Gasteiger partial charge in [0.1, 0.15) is 36.1 Å². The number of nitrogens with one attached hydrogen (secondary N) is 1. The molecule has 0 saturated carbocycles. The number of benzene rings is 1. The average molecular weight is 370 g/mol. The van der Waals surface area contributed by atoms with Crippen LogP contribution in [0.3, 0.4) is 0 Å². The van der Waals surface area contributed by atoms with Gasteiger partial charge >= 0.3 is 0 Å². The van der Waals surface area contributed by atoms with Crippen molar-refractivity contribution in [1.82, 2.24) is 14.8 Å². The molecule has 0 spiro atoms. The molecule has 0 bridgehead atoms. The van der Waals surface area contributed by atoms with Crippen LogP contribution in [0.15, 0.2) is 47.7 Å². The van der Waals surface area contributed by atoms with Crippen LogP contribution in [0.4, 0.5) is 8.78 Å². The van der Waals surface area contributed by atoms with Gasteiger partial charge in [0.2, 0.25) is 0 Å². The molecule has 0 aliphatic rings. The van der Waals surface area contributed by atoms with E-state index in [-0.39, 0.29) is 17.8 Å². The first-order valence-corrected chi connectivity index (χ1v) is 8.28. The minimum atomic E-state index is -1.52. The molecule has 27 heavy (non-hydrogen) atoms. The second kappa shape index (κ2) is 8.45. The summed E-state index contributed by atoms with van der Waals surface area (Å²) in [6.07, 6.45) is 4.61. The zero-order valence-corrected chi connectivity index (χ0v) is 15.3. The third kappa shape index (κ3) is 3.97. The number of hydrogen-bond acceptors (Lipinski definition) is 4. The smallest absolute Gasteiger partial charge is 0.140 e. The molecule has 8 heteroatoms. The van der Waals surface area contributed by atoms with Crippen LogP contribution in [0.25, 0.3) is 0 Å². The Morgan fingerprint density at radius 2 is 2.26 bits per heavy atom. The Kier molecular flexibility index (Phi) is 6.29. The molecule has 2 atom stereocenters. The molecule has 0 fully saturated rings. The highest BCUT2D eigenvalue weighted by Crippen LogP contribution is 2.38. The summed E-state index contributed by atoms with van der Waals surface area (Å²) in [5, 5.41) is 21.4. The Balaban J connectivity index is 2.73. The second-order valence-electron chi connectivity index (χ2n) is 6.16. The van der Waals surface area contributed by atoms with Crippen molar-refractivity contribution >= 4 is 12.1 Å². The minimum Gasteiger partial charge on any atom is -0.290 e. The Labute approximate surface area is 156 Å². The van der Waals surface area contributed by atoms with Gasteiger partial charge in [0.15, 0.2) is 0 Å². The van der Waals surface area contributed by atoms with E-state index >= 15 is 0 Å². The number of aliphatic imine (C=N–C) groups is 1. The van der Waals surface area contributed by atoms with Crippen molar-refractivity contribution in [3.63, 3.8) is 0 Å². The molecule has 1 N–H and O–H groups in total. The largest absolute Gasteiger partial charge is 0.290 e. The Bertz CT molecular complexity index is 911. The van der Waals surface area contributed by atoms with Crippen LogP contribution in [-0.2, 0) is 12.0 Å². The maximum atomic E-state index is 14.9. The van der Waals surface area contributed by atoms with E-state index in [4.69, 9.17) is 5.41 Å². The van der Waals surface area contributed by atoms with Gasteiger partial charge in [-0.2, -0.15) is 10.4 Å². The number of aryl methyl sites for hydroxylation is 1. The van der Waals surface area contributed by atoms with Crippen molar-refractivity contribution in [3.05, 3.63) is 59.7 Å². The Morgan fingerprint density at radius 3 is 2.78 bits per heavy atom. The lowest BCUT2D eigenvalue weighted by molar-refractivity contribution is 0.354. The first-order valence-electron chi connectivity index (χ1n) is 8.28. The molecular weight excluding hydrogens is 350 g/mol. The third-order valence-corrected chi connectivity index (χ3v) is 4.53. The Morgan fingerprint density at radius 1 is 1.52 bits per heavy atom. The van der Waals surface area contributed by atoms with Gasteiger partial charge in [-0.25, -0.2) is 18.8 Å². The fraction of sp³-hybridized carbons (Fsp3) is 0.316. The molecule has 0 aliphatic carbocycles. The summed E-state index contributed by atoms with van der Waals surface area (Å²) >= 11 is 0. The highest BCUT2D eigenvalue weighted by Gasteiger charge is 2.44. The van der Waals surface area contributed by atoms with Crippen LogP contribution in [0, 0.1) is 35.4 Å². The molecule has 6 nitrogen and oxygen atoms in total. The summed E-state index contributed by atoms with van der Waals surface area (Å²) in [4.78, 5) is 7.67. The molecule has 2 rings (SSSR count). The molecule has 0 aliphatic heterocycles. The van der Waals surface area contributed by atoms with Crippen LogP contribution in [-0.4, -0.2) is 26.8 Å². The fourth-order valence-electron chi connectivity index (χ4n) is 3.03. The lowest BCUT2D eigenvalue weighted by Gasteiger charge is -2.34. The SMILES string of the molecule is C/C=C(/F)C(=NC=N)C(C)C(C#N)(Cn1cncn1)c1ccc(C)cc1F. The minimum absolute atomic E-state index is 0.0569. The lowest BCUT2D eigenvalue weighted by atomic mass is 9.69. The van der Waals surface area contributed by atoms with Crippen molar-refractivity contribution in [2.24, 2.45) is 10.9 Å². The van der Waals surface area contributed by atoms with Gasteiger partial charge in [-0.3, -0.25) is 10.1 Å². The van der Waals surface area contributed by atoms with Crippen LogP contribution in [0.2, 0.25) is 0 Å². The molecule has 140 valence electrons.